The lowest BCUT2D eigenvalue weighted by Crippen LogP contribution is -2.01. The fourth-order valence-corrected chi connectivity index (χ4v) is 5.12. The summed E-state index contributed by atoms with van der Waals surface area (Å²) in [6.07, 6.45) is 1.02. The van der Waals surface area contributed by atoms with Crippen LogP contribution in [0.25, 0.3) is 21.5 Å². The van der Waals surface area contributed by atoms with Crippen molar-refractivity contribution >= 4 is 56.4 Å². The summed E-state index contributed by atoms with van der Waals surface area (Å²) in [4.78, 5) is 0. The number of hydrogen-bond donors (Lipinski definition) is 0. The molecule has 0 N–H and O–H groups in total. The summed E-state index contributed by atoms with van der Waals surface area (Å²) >= 11 is 15.6. The van der Waals surface area contributed by atoms with Gasteiger partial charge in [-0.2, -0.15) is 0 Å². The van der Waals surface area contributed by atoms with Gasteiger partial charge in [0.05, 0.1) is 10.0 Å². The predicted octanol–water partition coefficient (Wildman–Crippen LogP) is 7.17. The van der Waals surface area contributed by atoms with E-state index < -0.39 is 0 Å². The lowest BCUT2D eigenvalue weighted by Gasteiger charge is -2.09. The van der Waals surface area contributed by atoms with Gasteiger partial charge < -0.3 is 4.57 Å². The highest BCUT2D eigenvalue weighted by molar-refractivity contribution is 7.98. The summed E-state index contributed by atoms with van der Waals surface area (Å²) in [6.45, 7) is 3.05. The van der Waals surface area contributed by atoms with Crippen LogP contribution in [0.5, 0.6) is 0 Å². The Labute approximate surface area is 176 Å². The molecule has 0 aliphatic carbocycles. The maximum absolute atomic E-state index is 6.13. The van der Waals surface area contributed by atoms with Gasteiger partial charge in [-0.3, -0.25) is 0 Å². The number of aromatic nitrogens is 3. The average Bonchev–Trinajstić information content (AvgIpc) is 3.27. The Balaban J connectivity index is 1.65. The molecule has 2 aromatic heterocycles. The van der Waals surface area contributed by atoms with Crippen LogP contribution in [0.3, 0.4) is 0 Å². The van der Waals surface area contributed by atoms with Crippen molar-refractivity contribution < 1.29 is 0 Å². The van der Waals surface area contributed by atoms with Crippen LogP contribution in [-0.4, -0.2) is 14.8 Å². The molecule has 0 saturated heterocycles. The van der Waals surface area contributed by atoms with Gasteiger partial charge in [-0.25, -0.2) is 0 Å². The molecular formula is C20H17Cl2N3S2. The highest BCUT2D eigenvalue weighted by Gasteiger charge is 2.17. The molecule has 3 nitrogen and oxygen atoms in total. The van der Waals surface area contributed by atoms with E-state index in [1.54, 1.807) is 23.1 Å². The fourth-order valence-electron chi connectivity index (χ4n) is 2.95. The second-order valence-corrected chi connectivity index (χ2v) is 8.81. The molecule has 0 spiro atoms. The number of halogens is 2. The van der Waals surface area contributed by atoms with Crippen LogP contribution in [0.1, 0.15) is 18.9 Å². The van der Waals surface area contributed by atoms with Crippen molar-refractivity contribution in [2.45, 2.75) is 30.8 Å². The van der Waals surface area contributed by atoms with Crippen LogP contribution in [0, 0.1) is 0 Å². The zero-order chi connectivity index (χ0) is 18.8. The second kappa shape index (κ2) is 8.23. The number of hydrogen-bond acceptors (Lipinski definition) is 4. The Kier molecular flexibility index (Phi) is 5.74. The van der Waals surface area contributed by atoms with Crippen LogP contribution in [0.15, 0.2) is 53.0 Å². The van der Waals surface area contributed by atoms with Gasteiger partial charge in [-0.1, -0.05) is 66.2 Å². The largest absolute Gasteiger partial charge is 0.302 e. The van der Waals surface area contributed by atoms with Gasteiger partial charge in [0.1, 0.15) is 0 Å². The van der Waals surface area contributed by atoms with Gasteiger partial charge >= 0.3 is 0 Å². The third-order valence-electron chi connectivity index (χ3n) is 4.24. The number of nitrogens with zero attached hydrogens (tertiary/aromatic N) is 3. The monoisotopic (exact) mass is 433 g/mol. The van der Waals surface area contributed by atoms with Crippen LogP contribution in [-0.2, 0) is 12.3 Å². The number of thioether (sulfide) groups is 1. The zero-order valence-corrected chi connectivity index (χ0v) is 17.8. The molecule has 0 aliphatic heterocycles. The molecule has 0 saturated carbocycles. The lowest BCUT2D eigenvalue weighted by atomic mass is 10.1. The summed E-state index contributed by atoms with van der Waals surface area (Å²) < 4.78 is 3.49. The molecule has 0 fully saturated rings. The van der Waals surface area contributed by atoms with E-state index in [1.807, 2.05) is 18.2 Å². The van der Waals surface area contributed by atoms with Crippen LogP contribution >= 0.6 is 46.3 Å². The van der Waals surface area contributed by atoms with Crippen molar-refractivity contribution in [2.24, 2.45) is 0 Å². The third kappa shape index (κ3) is 3.87. The molecule has 4 aromatic rings. The van der Waals surface area contributed by atoms with E-state index in [0.29, 0.717) is 10.0 Å². The van der Waals surface area contributed by atoms with Crippen molar-refractivity contribution in [3.8, 4) is 11.4 Å². The molecule has 0 amide bonds. The Bertz CT molecular complexity index is 1090. The first-order chi connectivity index (χ1) is 13.2. The fraction of sp³-hybridized carbons (Fsp3) is 0.200. The Hall–Kier alpha value is -1.53. The maximum Gasteiger partial charge on any atom is 0.191 e. The van der Waals surface area contributed by atoms with E-state index in [1.165, 1.54) is 10.1 Å². The van der Waals surface area contributed by atoms with Crippen LogP contribution < -0.4 is 0 Å². The van der Waals surface area contributed by atoms with E-state index in [2.05, 4.69) is 51.3 Å². The van der Waals surface area contributed by atoms with Gasteiger partial charge in [-0.05, 0) is 30.2 Å². The van der Waals surface area contributed by atoms with Gasteiger partial charge in [0.2, 0.25) is 0 Å². The first kappa shape index (κ1) is 18.8. The summed E-state index contributed by atoms with van der Waals surface area (Å²) in [6, 6.07) is 14.2. The van der Waals surface area contributed by atoms with E-state index in [-0.39, 0.29) is 0 Å². The van der Waals surface area contributed by atoms with Crippen molar-refractivity contribution in [1.82, 2.24) is 14.8 Å². The highest BCUT2D eigenvalue weighted by Crippen LogP contribution is 2.35. The molecule has 0 atom stereocenters. The van der Waals surface area contributed by atoms with Crippen molar-refractivity contribution in [3.63, 3.8) is 0 Å². The summed E-state index contributed by atoms with van der Waals surface area (Å²) in [5.41, 5.74) is 2.26. The highest BCUT2D eigenvalue weighted by atomic mass is 35.5. The van der Waals surface area contributed by atoms with Crippen LogP contribution in [0.4, 0.5) is 0 Å². The summed E-state index contributed by atoms with van der Waals surface area (Å²) in [5, 5.41) is 14.5. The first-order valence-corrected chi connectivity index (χ1v) is 11.3. The van der Waals surface area contributed by atoms with Crippen molar-refractivity contribution in [3.05, 3.63) is 63.5 Å². The van der Waals surface area contributed by atoms with E-state index in [4.69, 9.17) is 23.2 Å². The first-order valence-electron chi connectivity index (χ1n) is 8.64. The van der Waals surface area contributed by atoms with E-state index in [0.717, 1.165) is 40.8 Å². The Morgan fingerprint density at radius 3 is 2.74 bits per heavy atom. The minimum absolute atomic E-state index is 0.575. The summed E-state index contributed by atoms with van der Waals surface area (Å²) in [7, 11) is 0. The van der Waals surface area contributed by atoms with Gasteiger partial charge in [0.15, 0.2) is 11.0 Å². The number of benzene rings is 2. The minimum atomic E-state index is 0.575. The second-order valence-electron chi connectivity index (χ2n) is 6.14. The lowest BCUT2D eigenvalue weighted by molar-refractivity contribution is 0.626. The predicted molar refractivity (Wildman–Crippen MR) is 117 cm³/mol. The third-order valence-corrected chi connectivity index (χ3v) is 6.98. The number of rotatable bonds is 6. The van der Waals surface area contributed by atoms with Gasteiger partial charge in [0, 0.05) is 33.3 Å². The van der Waals surface area contributed by atoms with Crippen molar-refractivity contribution in [2.75, 3.05) is 0 Å². The van der Waals surface area contributed by atoms with Gasteiger partial charge in [0.25, 0.3) is 0 Å². The molecule has 2 aromatic carbocycles. The molecule has 0 bridgehead atoms. The molecule has 2 heterocycles. The standard InChI is InChI=1S/C20H17Cl2N3S2/c1-2-9-25-19(15-12-26-18-6-4-3-5-14(15)18)23-24-20(25)27-11-13-7-8-16(21)17(22)10-13/h3-8,10,12H,2,9,11H2,1H3. The van der Waals surface area contributed by atoms with Gasteiger partial charge in [-0.15, -0.1) is 21.5 Å². The molecule has 0 aliphatic rings. The SMILES string of the molecule is CCCn1c(SCc2ccc(Cl)c(Cl)c2)nnc1-c1csc2ccccc12. The van der Waals surface area contributed by atoms with Crippen LogP contribution in [0.2, 0.25) is 10.0 Å². The van der Waals surface area contributed by atoms with E-state index >= 15 is 0 Å². The number of thiophene rings is 1. The average molecular weight is 434 g/mol. The van der Waals surface area contributed by atoms with E-state index in [9.17, 15) is 0 Å². The molecule has 0 radical (unpaired) electrons. The summed E-state index contributed by atoms with van der Waals surface area (Å²) in [5.74, 6) is 1.70. The molecular weight excluding hydrogens is 417 g/mol. The smallest absolute Gasteiger partial charge is 0.191 e. The Morgan fingerprint density at radius 2 is 1.93 bits per heavy atom. The van der Waals surface area contributed by atoms with Crippen molar-refractivity contribution in [1.29, 1.82) is 0 Å². The topological polar surface area (TPSA) is 30.7 Å². The molecule has 27 heavy (non-hydrogen) atoms. The molecule has 0 unspecified atom stereocenters. The quantitative estimate of drug-likeness (QED) is 0.302. The maximum atomic E-state index is 6.13. The Morgan fingerprint density at radius 1 is 1.07 bits per heavy atom. The molecule has 7 heteroatoms. The molecule has 4 rings (SSSR count). The minimum Gasteiger partial charge on any atom is -0.302 e. The number of fused-ring (bicyclic) bond motifs is 1. The molecule has 138 valence electrons. The normalized spacial score (nSPS) is 11.4. The zero-order valence-electron chi connectivity index (χ0n) is 14.7.